The maximum atomic E-state index is 12.3. The zero-order valence-electron chi connectivity index (χ0n) is 16.5. The van der Waals surface area contributed by atoms with Crippen molar-refractivity contribution in [3.8, 4) is 0 Å². The molecule has 0 saturated carbocycles. The first kappa shape index (κ1) is 20.4. The number of hydrogen-bond acceptors (Lipinski definition) is 4. The summed E-state index contributed by atoms with van der Waals surface area (Å²) >= 11 is 0. The average molecular weight is 371 g/mol. The van der Waals surface area contributed by atoms with Crippen LogP contribution in [0.3, 0.4) is 0 Å². The molecular formula is C19H29N7O. The Labute approximate surface area is 160 Å². The predicted molar refractivity (Wildman–Crippen MR) is 106 cm³/mol. The number of carbonyl (C=O) groups excluding carboxylic acids is 1. The molecule has 1 unspecified atom stereocenters. The molecule has 2 rings (SSSR count). The lowest BCUT2D eigenvalue weighted by atomic mass is 10.1. The number of guanidine groups is 1. The zero-order chi connectivity index (χ0) is 19.6. The van der Waals surface area contributed by atoms with Gasteiger partial charge in [0.2, 0.25) is 0 Å². The number of rotatable bonds is 8. The summed E-state index contributed by atoms with van der Waals surface area (Å²) in [5, 5.41) is 13.5. The number of hydrogen-bond donors (Lipinski definition) is 3. The van der Waals surface area contributed by atoms with Crippen molar-refractivity contribution >= 4 is 11.9 Å². The van der Waals surface area contributed by atoms with Crippen molar-refractivity contribution in [2.24, 2.45) is 12.0 Å². The van der Waals surface area contributed by atoms with Crippen molar-refractivity contribution < 1.29 is 4.79 Å². The van der Waals surface area contributed by atoms with E-state index >= 15 is 0 Å². The molecule has 1 atom stereocenters. The van der Waals surface area contributed by atoms with Crippen LogP contribution >= 0.6 is 0 Å². The molecule has 0 saturated heterocycles. The van der Waals surface area contributed by atoms with Gasteiger partial charge < -0.3 is 16.0 Å². The van der Waals surface area contributed by atoms with Gasteiger partial charge in [0.15, 0.2) is 5.96 Å². The van der Waals surface area contributed by atoms with E-state index in [-0.39, 0.29) is 11.9 Å². The molecular weight excluding hydrogens is 342 g/mol. The normalized spacial score (nSPS) is 12.5. The molecule has 0 aliphatic carbocycles. The van der Waals surface area contributed by atoms with Gasteiger partial charge >= 0.3 is 0 Å². The Morgan fingerprint density at radius 3 is 2.78 bits per heavy atom. The summed E-state index contributed by atoms with van der Waals surface area (Å²) in [5.74, 6) is 1.46. The molecule has 1 aromatic heterocycles. The summed E-state index contributed by atoms with van der Waals surface area (Å²) in [4.78, 5) is 21.1. The minimum Gasteiger partial charge on any atom is -0.357 e. The molecule has 0 spiro atoms. The Hall–Kier alpha value is -2.90. The molecule has 146 valence electrons. The van der Waals surface area contributed by atoms with Crippen LogP contribution in [0.4, 0.5) is 0 Å². The third kappa shape index (κ3) is 6.40. The van der Waals surface area contributed by atoms with Crippen LogP contribution in [0.15, 0.2) is 35.6 Å². The maximum Gasteiger partial charge on any atom is 0.251 e. The van der Waals surface area contributed by atoms with Crippen LogP contribution in [-0.2, 0) is 20.1 Å². The maximum absolute atomic E-state index is 12.3. The fourth-order valence-electron chi connectivity index (χ4n) is 2.38. The number of aliphatic imine (C=N–C) groups is 1. The molecule has 0 radical (unpaired) electrons. The van der Waals surface area contributed by atoms with Crippen LogP contribution in [0.2, 0.25) is 0 Å². The van der Waals surface area contributed by atoms with Gasteiger partial charge in [-0.1, -0.05) is 19.1 Å². The topological polar surface area (TPSA) is 96.2 Å². The molecule has 0 aliphatic rings. The molecule has 2 aromatic rings. The minimum absolute atomic E-state index is 0.0532. The van der Waals surface area contributed by atoms with Crippen LogP contribution in [-0.4, -0.2) is 39.2 Å². The van der Waals surface area contributed by atoms with E-state index in [1.165, 1.54) is 6.33 Å². The minimum atomic E-state index is -0.0532. The SMILES string of the molecule is CCNC(=NCc1cccc(C(=O)NC(C)CC)c1)NCc1ncnn1C. The number of nitrogens with one attached hydrogen (secondary N) is 3. The Balaban J connectivity index is 2.01. The summed E-state index contributed by atoms with van der Waals surface area (Å²) in [6.45, 7) is 7.81. The predicted octanol–water partition coefficient (Wildman–Crippen LogP) is 1.60. The Morgan fingerprint density at radius 2 is 2.11 bits per heavy atom. The van der Waals surface area contributed by atoms with Crippen molar-refractivity contribution in [3.05, 3.63) is 47.5 Å². The summed E-state index contributed by atoms with van der Waals surface area (Å²) in [7, 11) is 1.85. The lowest BCUT2D eigenvalue weighted by Gasteiger charge is -2.12. The third-order valence-electron chi connectivity index (χ3n) is 4.16. The Kier molecular flexibility index (Phi) is 7.79. The van der Waals surface area contributed by atoms with Gasteiger partial charge in [0.1, 0.15) is 12.2 Å². The second-order valence-corrected chi connectivity index (χ2v) is 6.33. The van der Waals surface area contributed by atoms with Crippen molar-refractivity contribution in [3.63, 3.8) is 0 Å². The second-order valence-electron chi connectivity index (χ2n) is 6.33. The van der Waals surface area contributed by atoms with E-state index in [1.807, 2.05) is 52.1 Å². The Morgan fingerprint density at radius 1 is 1.30 bits per heavy atom. The number of aromatic nitrogens is 3. The van der Waals surface area contributed by atoms with E-state index in [2.05, 4.69) is 31.0 Å². The third-order valence-corrected chi connectivity index (χ3v) is 4.16. The van der Waals surface area contributed by atoms with E-state index in [4.69, 9.17) is 0 Å². The Bertz CT molecular complexity index is 769. The molecule has 1 heterocycles. The van der Waals surface area contributed by atoms with Gasteiger partial charge in [-0.3, -0.25) is 9.48 Å². The fraction of sp³-hybridized carbons (Fsp3) is 0.474. The van der Waals surface area contributed by atoms with Crippen molar-refractivity contribution in [1.82, 2.24) is 30.7 Å². The summed E-state index contributed by atoms with van der Waals surface area (Å²) < 4.78 is 1.72. The van der Waals surface area contributed by atoms with Crippen LogP contribution in [0.25, 0.3) is 0 Å². The average Bonchev–Trinajstić information content (AvgIpc) is 3.09. The van der Waals surface area contributed by atoms with Gasteiger partial charge in [0.25, 0.3) is 5.91 Å². The fourth-order valence-corrected chi connectivity index (χ4v) is 2.38. The molecule has 8 nitrogen and oxygen atoms in total. The van der Waals surface area contributed by atoms with Crippen molar-refractivity contribution in [2.45, 2.75) is 46.3 Å². The van der Waals surface area contributed by atoms with Crippen LogP contribution in [0.5, 0.6) is 0 Å². The molecule has 1 amide bonds. The highest BCUT2D eigenvalue weighted by Crippen LogP contribution is 2.07. The zero-order valence-corrected chi connectivity index (χ0v) is 16.5. The van der Waals surface area contributed by atoms with Gasteiger partial charge in [-0.25, -0.2) is 9.98 Å². The van der Waals surface area contributed by atoms with Gasteiger partial charge in [-0.2, -0.15) is 5.10 Å². The molecule has 0 aliphatic heterocycles. The van der Waals surface area contributed by atoms with E-state index in [0.29, 0.717) is 24.6 Å². The quantitative estimate of drug-likeness (QED) is 0.484. The lowest BCUT2D eigenvalue weighted by molar-refractivity contribution is 0.0939. The highest BCUT2D eigenvalue weighted by Gasteiger charge is 2.09. The number of benzene rings is 1. The first-order valence-electron chi connectivity index (χ1n) is 9.28. The van der Waals surface area contributed by atoms with Crippen LogP contribution in [0, 0.1) is 0 Å². The molecule has 8 heteroatoms. The van der Waals surface area contributed by atoms with Gasteiger partial charge in [-0.15, -0.1) is 0 Å². The van der Waals surface area contributed by atoms with E-state index in [9.17, 15) is 4.79 Å². The standard InChI is InChI=1S/C19H29N7O/c1-5-14(3)25-18(27)16-9-7-8-15(10-16)11-21-19(20-6-2)22-12-17-23-13-24-26(17)4/h7-10,13-14H,5-6,11-12H2,1-4H3,(H,25,27)(H2,20,21,22). The van der Waals surface area contributed by atoms with Crippen LogP contribution in [0.1, 0.15) is 48.9 Å². The summed E-state index contributed by atoms with van der Waals surface area (Å²) in [5.41, 5.74) is 1.63. The van der Waals surface area contributed by atoms with Gasteiger partial charge in [0, 0.05) is 25.2 Å². The molecule has 0 bridgehead atoms. The van der Waals surface area contributed by atoms with Crippen LogP contribution < -0.4 is 16.0 Å². The number of aryl methyl sites for hydroxylation is 1. The van der Waals surface area contributed by atoms with Crippen molar-refractivity contribution in [1.29, 1.82) is 0 Å². The highest BCUT2D eigenvalue weighted by molar-refractivity contribution is 5.94. The summed E-state index contributed by atoms with van der Waals surface area (Å²) in [6.07, 6.45) is 2.43. The number of carbonyl (C=O) groups is 1. The van der Waals surface area contributed by atoms with Gasteiger partial charge in [0.05, 0.1) is 13.1 Å². The first-order valence-corrected chi connectivity index (χ1v) is 9.28. The van der Waals surface area contributed by atoms with Crippen molar-refractivity contribution in [2.75, 3.05) is 6.54 Å². The first-order chi connectivity index (χ1) is 13.0. The summed E-state index contributed by atoms with van der Waals surface area (Å²) in [6, 6.07) is 7.71. The van der Waals surface area contributed by atoms with E-state index < -0.39 is 0 Å². The smallest absolute Gasteiger partial charge is 0.251 e. The molecule has 1 aromatic carbocycles. The highest BCUT2D eigenvalue weighted by atomic mass is 16.1. The van der Waals surface area contributed by atoms with Gasteiger partial charge in [-0.05, 0) is 38.0 Å². The van der Waals surface area contributed by atoms with E-state index in [0.717, 1.165) is 24.4 Å². The molecule has 27 heavy (non-hydrogen) atoms. The second kappa shape index (κ2) is 10.3. The molecule has 0 fully saturated rings. The number of nitrogens with zero attached hydrogens (tertiary/aromatic N) is 4. The monoisotopic (exact) mass is 371 g/mol. The molecule has 3 N–H and O–H groups in total. The number of amides is 1. The van der Waals surface area contributed by atoms with E-state index in [1.54, 1.807) is 4.68 Å². The lowest BCUT2D eigenvalue weighted by Crippen LogP contribution is -2.37. The largest absolute Gasteiger partial charge is 0.357 e.